The quantitative estimate of drug-likeness (QED) is 0.709. The van der Waals surface area contributed by atoms with Gasteiger partial charge in [-0.2, -0.15) is 5.10 Å². The number of hydrogen-bond acceptors (Lipinski definition) is 5. The fourth-order valence-corrected chi connectivity index (χ4v) is 4.09. The molecule has 0 unspecified atom stereocenters. The number of nitrogens with zero attached hydrogens (tertiary/aromatic N) is 3. The zero-order valence-corrected chi connectivity index (χ0v) is 16.3. The van der Waals surface area contributed by atoms with Crippen LogP contribution in [0.15, 0.2) is 10.9 Å². The van der Waals surface area contributed by atoms with Crippen molar-refractivity contribution in [2.45, 2.75) is 53.6 Å². The maximum Gasteiger partial charge on any atom is 0.259 e. The molecule has 3 aromatic heterocycles. The molecule has 0 aliphatic carbocycles. The topological polar surface area (TPSA) is 75.6 Å². The average molecular weight is 359 g/mol. The summed E-state index contributed by atoms with van der Waals surface area (Å²) in [5, 5.41) is 8.71. The van der Waals surface area contributed by atoms with Crippen molar-refractivity contribution in [2.75, 3.05) is 6.54 Å². The van der Waals surface area contributed by atoms with Gasteiger partial charge in [-0.3, -0.25) is 9.48 Å². The average Bonchev–Trinajstić information content (AvgIpc) is 2.98. The molecule has 0 spiro atoms. The molecule has 2 N–H and O–H groups in total. The highest BCUT2D eigenvalue weighted by molar-refractivity contribution is 7.18. The SMILES string of the molecule is Cc1cc(C)n(C[C@H](C)NCCc2nc3sc(C)c(C)c3c(=O)[nH]2)n1. The lowest BCUT2D eigenvalue weighted by Crippen LogP contribution is -2.33. The van der Waals surface area contributed by atoms with Crippen molar-refractivity contribution in [3.05, 3.63) is 44.1 Å². The number of H-pyrrole nitrogens is 1. The second-order valence-corrected chi connectivity index (χ2v) is 7.89. The summed E-state index contributed by atoms with van der Waals surface area (Å²) in [5.41, 5.74) is 3.22. The minimum atomic E-state index is -0.0301. The third-order valence-corrected chi connectivity index (χ3v) is 5.59. The van der Waals surface area contributed by atoms with Crippen molar-refractivity contribution in [3.63, 3.8) is 0 Å². The van der Waals surface area contributed by atoms with Gasteiger partial charge in [0.15, 0.2) is 0 Å². The van der Waals surface area contributed by atoms with Crippen molar-refractivity contribution in [3.8, 4) is 0 Å². The zero-order chi connectivity index (χ0) is 18.1. The first-order valence-electron chi connectivity index (χ1n) is 8.58. The molecule has 134 valence electrons. The molecule has 0 saturated heterocycles. The van der Waals surface area contributed by atoms with Crippen LogP contribution in [0.4, 0.5) is 0 Å². The number of nitrogens with one attached hydrogen (secondary N) is 2. The van der Waals surface area contributed by atoms with Crippen LogP contribution < -0.4 is 10.9 Å². The first-order chi connectivity index (χ1) is 11.8. The standard InChI is InChI=1S/C18H25N5OS/c1-10-8-12(3)23(22-10)9-11(2)19-7-6-15-20-17(24)16-13(4)14(5)25-18(16)21-15/h8,11,19H,6-7,9H2,1-5H3,(H,20,21,24)/t11-/m0/s1. The molecule has 0 fully saturated rings. The Balaban J connectivity index is 1.61. The van der Waals surface area contributed by atoms with E-state index in [2.05, 4.69) is 40.3 Å². The maximum absolute atomic E-state index is 12.3. The van der Waals surface area contributed by atoms with Gasteiger partial charge >= 0.3 is 0 Å². The van der Waals surface area contributed by atoms with Crippen molar-refractivity contribution in [1.29, 1.82) is 0 Å². The van der Waals surface area contributed by atoms with E-state index < -0.39 is 0 Å². The van der Waals surface area contributed by atoms with Gasteiger partial charge in [0.05, 0.1) is 17.6 Å². The molecule has 0 aliphatic rings. The molecule has 0 radical (unpaired) electrons. The maximum atomic E-state index is 12.3. The van der Waals surface area contributed by atoms with Gasteiger partial charge in [-0.05, 0) is 46.2 Å². The zero-order valence-electron chi connectivity index (χ0n) is 15.4. The van der Waals surface area contributed by atoms with Crippen LogP contribution in [0, 0.1) is 27.7 Å². The fraction of sp³-hybridized carbons (Fsp3) is 0.500. The number of aryl methyl sites for hydroxylation is 4. The van der Waals surface area contributed by atoms with E-state index in [1.165, 1.54) is 5.69 Å². The fourth-order valence-electron chi connectivity index (χ4n) is 3.04. The van der Waals surface area contributed by atoms with Gasteiger partial charge in [0.2, 0.25) is 0 Å². The number of aromatic nitrogens is 4. The first kappa shape index (κ1) is 17.8. The molecular weight excluding hydrogens is 334 g/mol. The molecule has 7 heteroatoms. The summed E-state index contributed by atoms with van der Waals surface area (Å²) in [6.07, 6.45) is 0.697. The van der Waals surface area contributed by atoms with Crippen LogP contribution in [0.5, 0.6) is 0 Å². The van der Waals surface area contributed by atoms with Gasteiger partial charge in [0.1, 0.15) is 10.7 Å². The van der Waals surface area contributed by atoms with Crippen LogP contribution in [0.3, 0.4) is 0 Å². The number of aromatic amines is 1. The third-order valence-electron chi connectivity index (χ3n) is 4.49. The van der Waals surface area contributed by atoms with Gasteiger partial charge in [0.25, 0.3) is 5.56 Å². The summed E-state index contributed by atoms with van der Waals surface area (Å²) in [5.74, 6) is 0.740. The van der Waals surface area contributed by atoms with Crippen molar-refractivity contribution >= 4 is 21.6 Å². The molecule has 0 saturated carbocycles. The second kappa shape index (κ2) is 7.09. The smallest absolute Gasteiger partial charge is 0.259 e. The van der Waals surface area contributed by atoms with E-state index in [4.69, 9.17) is 0 Å². The van der Waals surface area contributed by atoms with Crippen LogP contribution in [0.25, 0.3) is 10.2 Å². The van der Waals surface area contributed by atoms with Gasteiger partial charge in [-0.15, -0.1) is 11.3 Å². The summed E-state index contributed by atoms with van der Waals surface area (Å²) in [4.78, 5) is 21.8. The summed E-state index contributed by atoms with van der Waals surface area (Å²) in [6, 6.07) is 2.38. The van der Waals surface area contributed by atoms with Crippen LogP contribution in [-0.4, -0.2) is 32.3 Å². The Labute approximate surface area is 151 Å². The number of thiophene rings is 1. The Hall–Kier alpha value is -1.99. The van der Waals surface area contributed by atoms with E-state index in [0.29, 0.717) is 12.5 Å². The Morgan fingerprint density at radius 3 is 2.76 bits per heavy atom. The van der Waals surface area contributed by atoms with Gasteiger partial charge in [0, 0.05) is 29.6 Å². The molecule has 0 aromatic carbocycles. The Morgan fingerprint density at radius 1 is 1.32 bits per heavy atom. The lowest BCUT2D eigenvalue weighted by Gasteiger charge is -2.14. The molecule has 0 bridgehead atoms. The molecule has 3 heterocycles. The van der Waals surface area contributed by atoms with E-state index in [0.717, 1.165) is 45.3 Å². The lowest BCUT2D eigenvalue weighted by molar-refractivity contribution is 0.445. The largest absolute Gasteiger partial charge is 0.312 e. The van der Waals surface area contributed by atoms with E-state index in [1.54, 1.807) is 11.3 Å². The van der Waals surface area contributed by atoms with Gasteiger partial charge in [-0.25, -0.2) is 4.98 Å². The highest BCUT2D eigenvalue weighted by Crippen LogP contribution is 2.25. The van der Waals surface area contributed by atoms with Crippen molar-refractivity contribution in [2.24, 2.45) is 0 Å². The molecule has 3 rings (SSSR count). The van der Waals surface area contributed by atoms with Gasteiger partial charge in [-0.1, -0.05) is 0 Å². The molecule has 0 aliphatic heterocycles. The molecule has 25 heavy (non-hydrogen) atoms. The van der Waals surface area contributed by atoms with Crippen molar-refractivity contribution < 1.29 is 0 Å². The summed E-state index contributed by atoms with van der Waals surface area (Å²) >= 11 is 1.59. The van der Waals surface area contributed by atoms with E-state index >= 15 is 0 Å². The van der Waals surface area contributed by atoms with E-state index in [-0.39, 0.29) is 5.56 Å². The molecule has 6 nitrogen and oxygen atoms in total. The number of rotatable bonds is 6. The normalized spacial score (nSPS) is 12.8. The lowest BCUT2D eigenvalue weighted by atomic mass is 10.2. The van der Waals surface area contributed by atoms with E-state index in [9.17, 15) is 4.79 Å². The Morgan fingerprint density at radius 2 is 2.08 bits per heavy atom. The van der Waals surface area contributed by atoms with Crippen LogP contribution in [0.2, 0.25) is 0 Å². The first-order valence-corrected chi connectivity index (χ1v) is 9.40. The highest BCUT2D eigenvalue weighted by Gasteiger charge is 2.12. The highest BCUT2D eigenvalue weighted by atomic mass is 32.1. The van der Waals surface area contributed by atoms with Gasteiger partial charge < -0.3 is 10.3 Å². The predicted octanol–water partition coefficient (Wildman–Crippen LogP) is 2.64. The third kappa shape index (κ3) is 3.82. The summed E-state index contributed by atoms with van der Waals surface area (Å²) in [6.45, 7) is 11.8. The van der Waals surface area contributed by atoms with E-state index in [1.807, 2.05) is 25.5 Å². The molecule has 1 atom stereocenters. The van der Waals surface area contributed by atoms with Crippen LogP contribution >= 0.6 is 11.3 Å². The minimum Gasteiger partial charge on any atom is -0.312 e. The van der Waals surface area contributed by atoms with Crippen molar-refractivity contribution in [1.82, 2.24) is 25.1 Å². The molecule has 0 amide bonds. The minimum absolute atomic E-state index is 0.0301. The predicted molar refractivity (Wildman–Crippen MR) is 103 cm³/mol. The number of hydrogen-bond donors (Lipinski definition) is 2. The Kier molecular flexibility index (Phi) is 5.06. The summed E-state index contributed by atoms with van der Waals surface area (Å²) < 4.78 is 2.02. The van der Waals surface area contributed by atoms with Crippen LogP contribution in [-0.2, 0) is 13.0 Å². The second-order valence-electron chi connectivity index (χ2n) is 6.69. The number of fused-ring (bicyclic) bond motifs is 1. The monoisotopic (exact) mass is 359 g/mol. The molecule has 3 aromatic rings. The Bertz CT molecular complexity index is 952. The summed E-state index contributed by atoms with van der Waals surface area (Å²) in [7, 11) is 0. The van der Waals surface area contributed by atoms with Crippen LogP contribution in [0.1, 0.15) is 34.6 Å². The molecular formula is C18H25N5OS.